The van der Waals surface area contributed by atoms with E-state index in [0.717, 1.165) is 12.8 Å². The van der Waals surface area contributed by atoms with Crippen molar-refractivity contribution in [2.24, 2.45) is 0 Å². The number of esters is 1. The first-order valence-corrected chi connectivity index (χ1v) is 5.27. The first kappa shape index (κ1) is 12.4. The molecule has 0 aliphatic carbocycles. The van der Waals surface area contributed by atoms with Crippen LogP contribution in [0.2, 0.25) is 0 Å². The Kier molecular flexibility index (Phi) is 4.70. The molecule has 0 spiro atoms. The quantitative estimate of drug-likeness (QED) is 0.434. The highest BCUT2D eigenvalue weighted by atomic mass is 19.1. The molecule has 0 amide bonds. The lowest BCUT2D eigenvalue weighted by Crippen LogP contribution is -2.08. The van der Waals surface area contributed by atoms with Gasteiger partial charge >= 0.3 is 5.97 Å². The van der Waals surface area contributed by atoms with E-state index in [0.29, 0.717) is 6.61 Å². The molecule has 86 valence electrons. The van der Waals surface area contributed by atoms with Gasteiger partial charge in [-0.15, -0.1) is 0 Å². The van der Waals surface area contributed by atoms with Crippen LogP contribution in [-0.2, 0) is 9.53 Å². The molecule has 0 atom stereocenters. The summed E-state index contributed by atoms with van der Waals surface area (Å²) in [6.45, 7) is 5.90. The first-order valence-electron chi connectivity index (χ1n) is 5.27. The van der Waals surface area contributed by atoms with Crippen LogP contribution in [0.15, 0.2) is 30.8 Å². The zero-order chi connectivity index (χ0) is 12.0. The summed E-state index contributed by atoms with van der Waals surface area (Å²) < 4.78 is 18.3. The molecule has 0 radical (unpaired) electrons. The summed E-state index contributed by atoms with van der Waals surface area (Å²) in [6, 6.07) is 6.02. The summed E-state index contributed by atoms with van der Waals surface area (Å²) in [6.07, 6.45) is 1.75. The molecule has 0 fully saturated rings. The normalized spacial score (nSPS) is 9.88. The van der Waals surface area contributed by atoms with Crippen LogP contribution in [0.25, 0.3) is 5.57 Å². The van der Waals surface area contributed by atoms with E-state index in [1.165, 1.54) is 12.1 Å². The van der Waals surface area contributed by atoms with E-state index in [4.69, 9.17) is 4.74 Å². The van der Waals surface area contributed by atoms with Gasteiger partial charge in [-0.3, -0.25) is 0 Å². The fourth-order valence-electron chi connectivity index (χ4n) is 1.21. The molecule has 1 rings (SSSR count). The van der Waals surface area contributed by atoms with Crippen LogP contribution < -0.4 is 0 Å². The molecule has 1 aromatic carbocycles. The van der Waals surface area contributed by atoms with Gasteiger partial charge in [0.25, 0.3) is 0 Å². The van der Waals surface area contributed by atoms with Gasteiger partial charge in [0, 0.05) is 5.56 Å². The number of benzene rings is 1. The highest BCUT2D eigenvalue weighted by molar-refractivity contribution is 6.15. The second-order valence-electron chi connectivity index (χ2n) is 3.45. The SMILES string of the molecule is C=C(C(=O)OCCCC)c1ccccc1F. The lowest BCUT2D eigenvalue weighted by atomic mass is 10.1. The highest BCUT2D eigenvalue weighted by Gasteiger charge is 2.13. The van der Waals surface area contributed by atoms with Crippen LogP contribution in [0.3, 0.4) is 0 Å². The molecule has 0 N–H and O–H groups in total. The first-order chi connectivity index (χ1) is 7.66. The third-order valence-electron chi connectivity index (χ3n) is 2.18. The zero-order valence-electron chi connectivity index (χ0n) is 9.33. The lowest BCUT2D eigenvalue weighted by molar-refractivity contribution is -0.136. The van der Waals surface area contributed by atoms with Crippen molar-refractivity contribution in [1.29, 1.82) is 0 Å². The smallest absolute Gasteiger partial charge is 0.338 e. The molecule has 0 heterocycles. The molecular weight excluding hydrogens is 207 g/mol. The number of hydrogen-bond donors (Lipinski definition) is 0. The minimum absolute atomic E-state index is 0.0641. The molecule has 0 saturated carbocycles. The van der Waals surface area contributed by atoms with Gasteiger partial charge in [0.05, 0.1) is 12.2 Å². The maximum atomic E-state index is 13.3. The molecule has 0 aliphatic rings. The van der Waals surface area contributed by atoms with E-state index in [9.17, 15) is 9.18 Å². The summed E-state index contributed by atoms with van der Waals surface area (Å²) in [5.41, 5.74) is 0.262. The summed E-state index contributed by atoms with van der Waals surface area (Å²) in [4.78, 5) is 11.5. The van der Waals surface area contributed by atoms with Gasteiger partial charge in [0.2, 0.25) is 0 Å². The van der Waals surface area contributed by atoms with Crippen molar-refractivity contribution < 1.29 is 13.9 Å². The third-order valence-corrected chi connectivity index (χ3v) is 2.18. The second kappa shape index (κ2) is 6.05. The average molecular weight is 222 g/mol. The second-order valence-corrected chi connectivity index (χ2v) is 3.45. The van der Waals surface area contributed by atoms with Crippen molar-refractivity contribution >= 4 is 11.5 Å². The molecule has 1 aromatic rings. The van der Waals surface area contributed by atoms with Crippen molar-refractivity contribution in [1.82, 2.24) is 0 Å². The largest absolute Gasteiger partial charge is 0.462 e. The van der Waals surface area contributed by atoms with Crippen molar-refractivity contribution in [2.45, 2.75) is 19.8 Å². The Morgan fingerprint density at radius 1 is 1.44 bits per heavy atom. The Bertz CT molecular complexity index is 385. The van der Waals surface area contributed by atoms with Gasteiger partial charge in [-0.1, -0.05) is 38.1 Å². The van der Waals surface area contributed by atoms with Gasteiger partial charge in [-0.2, -0.15) is 0 Å². The number of halogens is 1. The maximum Gasteiger partial charge on any atom is 0.338 e. The van der Waals surface area contributed by atoms with E-state index in [-0.39, 0.29) is 11.1 Å². The molecule has 16 heavy (non-hydrogen) atoms. The monoisotopic (exact) mass is 222 g/mol. The Morgan fingerprint density at radius 3 is 2.75 bits per heavy atom. The molecule has 2 nitrogen and oxygen atoms in total. The minimum atomic E-state index is -0.557. The Morgan fingerprint density at radius 2 is 2.12 bits per heavy atom. The fourth-order valence-corrected chi connectivity index (χ4v) is 1.21. The molecule has 0 bridgehead atoms. The van der Waals surface area contributed by atoms with Crippen molar-refractivity contribution in [3.63, 3.8) is 0 Å². The molecule has 0 saturated heterocycles. The number of carbonyl (C=O) groups is 1. The van der Waals surface area contributed by atoms with Gasteiger partial charge in [-0.05, 0) is 12.5 Å². The van der Waals surface area contributed by atoms with E-state index < -0.39 is 11.8 Å². The van der Waals surface area contributed by atoms with E-state index in [1.54, 1.807) is 12.1 Å². The molecular formula is C13H15FO2. The lowest BCUT2D eigenvalue weighted by Gasteiger charge is -2.07. The highest BCUT2D eigenvalue weighted by Crippen LogP contribution is 2.17. The summed E-state index contributed by atoms with van der Waals surface area (Å²) in [7, 11) is 0. The van der Waals surface area contributed by atoms with Crippen molar-refractivity contribution in [2.75, 3.05) is 6.61 Å². The third kappa shape index (κ3) is 3.19. The van der Waals surface area contributed by atoms with Crippen LogP contribution in [0, 0.1) is 5.82 Å². The molecule has 0 aromatic heterocycles. The summed E-state index contributed by atoms with van der Waals surface area (Å²) in [5, 5.41) is 0. The minimum Gasteiger partial charge on any atom is -0.462 e. The van der Waals surface area contributed by atoms with Crippen molar-refractivity contribution in [3.8, 4) is 0 Å². The molecule has 0 unspecified atom stereocenters. The number of ether oxygens (including phenoxy) is 1. The van der Waals surface area contributed by atoms with Gasteiger partial charge in [0.15, 0.2) is 0 Å². The summed E-state index contributed by atoms with van der Waals surface area (Å²) >= 11 is 0. The number of rotatable bonds is 5. The van der Waals surface area contributed by atoms with Gasteiger partial charge in [0.1, 0.15) is 5.82 Å². The Hall–Kier alpha value is -1.64. The summed E-state index contributed by atoms with van der Waals surface area (Å²) in [5.74, 6) is -1.02. The van der Waals surface area contributed by atoms with Crippen LogP contribution in [0.1, 0.15) is 25.3 Å². The van der Waals surface area contributed by atoms with Crippen molar-refractivity contribution in [3.05, 3.63) is 42.2 Å². The maximum absolute atomic E-state index is 13.3. The van der Waals surface area contributed by atoms with Crippen LogP contribution in [0.5, 0.6) is 0 Å². The topological polar surface area (TPSA) is 26.3 Å². The number of carbonyl (C=O) groups excluding carboxylic acids is 1. The predicted molar refractivity (Wildman–Crippen MR) is 61.3 cm³/mol. The van der Waals surface area contributed by atoms with E-state index >= 15 is 0 Å². The van der Waals surface area contributed by atoms with E-state index in [1.807, 2.05) is 6.92 Å². The van der Waals surface area contributed by atoms with Crippen LogP contribution in [0.4, 0.5) is 4.39 Å². The Balaban J connectivity index is 2.64. The molecule has 3 heteroatoms. The van der Waals surface area contributed by atoms with Gasteiger partial charge < -0.3 is 4.74 Å². The van der Waals surface area contributed by atoms with Crippen LogP contribution >= 0.6 is 0 Å². The fraction of sp³-hybridized carbons (Fsp3) is 0.308. The van der Waals surface area contributed by atoms with Crippen LogP contribution in [-0.4, -0.2) is 12.6 Å². The standard InChI is InChI=1S/C13H15FO2/c1-3-4-9-16-13(15)10(2)11-7-5-6-8-12(11)14/h5-8H,2-4,9H2,1H3. The van der Waals surface area contributed by atoms with Gasteiger partial charge in [-0.25, -0.2) is 9.18 Å². The van der Waals surface area contributed by atoms with E-state index in [2.05, 4.69) is 6.58 Å². The molecule has 0 aliphatic heterocycles. The average Bonchev–Trinajstić information content (AvgIpc) is 2.29. The Labute approximate surface area is 94.7 Å². The zero-order valence-corrected chi connectivity index (χ0v) is 9.33. The number of unbranched alkanes of at least 4 members (excludes halogenated alkanes) is 1. The predicted octanol–water partition coefficient (Wildman–Crippen LogP) is 3.18. The number of hydrogen-bond acceptors (Lipinski definition) is 2.